The van der Waals surface area contributed by atoms with E-state index in [1.807, 2.05) is 33.0 Å². The van der Waals surface area contributed by atoms with Gasteiger partial charge in [-0.15, -0.1) is 0 Å². The number of hydrogen-bond acceptors (Lipinski definition) is 3. The number of ether oxygens (including phenoxy) is 1. The summed E-state index contributed by atoms with van der Waals surface area (Å²) in [6.07, 6.45) is 0. The Hall–Kier alpha value is -1.97. The SMILES string of the molecule is COc1ccc(C)cc1-c1c(C)nn(C)c1N. The molecule has 0 saturated carbocycles. The maximum absolute atomic E-state index is 6.05. The van der Waals surface area contributed by atoms with Gasteiger partial charge in [0.1, 0.15) is 11.6 Å². The predicted octanol–water partition coefficient (Wildman–Crippen LogP) is 2.29. The largest absolute Gasteiger partial charge is 0.496 e. The fraction of sp³-hybridized carbons (Fsp3) is 0.308. The number of benzene rings is 1. The van der Waals surface area contributed by atoms with Gasteiger partial charge in [-0.1, -0.05) is 11.6 Å². The monoisotopic (exact) mass is 231 g/mol. The highest BCUT2D eigenvalue weighted by Crippen LogP contribution is 2.36. The Kier molecular flexibility index (Phi) is 2.79. The van der Waals surface area contributed by atoms with Crippen molar-refractivity contribution in [3.05, 3.63) is 29.5 Å². The molecule has 0 amide bonds. The van der Waals surface area contributed by atoms with Gasteiger partial charge in [0.2, 0.25) is 0 Å². The van der Waals surface area contributed by atoms with Crippen LogP contribution in [-0.2, 0) is 7.05 Å². The van der Waals surface area contributed by atoms with Crippen molar-refractivity contribution in [2.24, 2.45) is 7.05 Å². The van der Waals surface area contributed by atoms with Crippen molar-refractivity contribution in [3.63, 3.8) is 0 Å². The van der Waals surface area contributed by atoms with Crippen molar-refractivity contribution < 1.29 is 4.74 Å². The Bertz CT molecular complexity index is 558. The van der Waals surface area contributed by atoms with E-state index in [4.69, 9.17) is 10.5 Å². The summed E-state index contributed by atoms with van der Waals surface area (Å²) in [6, 6.07) is 6.04. The van der Waals surface area contributed by atoms with Crippen LogP contribution in [0, 0.1) is 13.8 Å². The molecule has 2 aromatic rings. The fourth-order valence-electron chi connectivity index (χ4n) is 2.03. The van der Waals surface area contributed by atoms with Crippen LogP contribution in [0.3, 0.4) is 0 Å². The van der Waals surface area contributed by atoms with E-state index in [-0.39, 0.29) is 0 Å². The van der Waals surface area contributed by atoms with E-state index in [0.29, 0.717) is 5.82 Å². The molecule has 4 nitrogen and oxygen atoms in total. The van der Waals surface area contributed by atoms with E-state index in [9.17, 15) is 0 Å². The summed E-state index contributed by atoms with van der Waals surface area (Å²) in [5.74, 6) is 1.48. The van der Waals surface area contributed by atoms with Crippen molar-refractivity contribution >= 4 is 5.82 Å². The van der Waals surface area contributed by atoms with Crippen LogP contribution in [0.25, 0.3) is 11.1 Å². The van der Waals surface area contributed by atoms with Crippen LogP contribution in [0.5, 0.6) is 5.75 Å². The molecular weight excluding hydrogens is 214 g/mol. The quantitative estimate of drug-likeness (QED) is 0.862. The van der Waals surface area contributed by atoms with Gasteiger partial charge in [-0.3, -0.25) is 4.68 Å². The van der Waals surface area contributed by atoms with Crippen molar-refractivity contribution in [2.45, 2.75) is 13.8 Å². The zero-order valence-electron chi connectivity index (χ0n) is 10.6. The number of rotatable bonds is 2. The molecule has 0 aliphatic carbocycles. The second-order valence-electron chi connectivity index (χ2n) is 4.17. The number of aromatic nitrogens is 2. The second-order valence-corrected chi connectivity index (χ2v) is 4.17. The maximum atomic E-state index is 6.05. The van der Waals surface area contributed by atoms with Crippen LogP contribution in [-0.4, -0.2) is 16.9 Å². The molecule has 17 heavy (non-hydrogen) atoms. The minimum Gasteiger partial charge on any atom is -0.496 e. The molecule has 0 saturated heterocycles. The van der Waals surface area contributed by atoms with Crippen molar-refractivity contribution in [1.82, 2.24) is 9.78 Å². The highest BCUT2D eigenvalue weighted by atomic mass is 16.5. The lowest BCUT2D eigenvalue weighted by Crippen LogP contribution is -1.98. The third-order valence-electron chi connectivity index (χ3n) is 2.89. The first-order valence-corrected chi connectivity index (χ1v) is 5.48. The molecule has 0 atom stereocenters. The van der Waals surface area contributed by atoms with E-state index in [1.54, 1.807) is 11.8 Å². The molecule has 0 fully saturated rings. The van der Waals surface area contributed by atoms with Gasteiger partial charge >= 0.3 is 0 Å². The van der Waals surface area contributed by atoms with Gasteiger partial charge in [0.15, 0.2) is 0 Å². The Morgan fingerprint density at radius 1 is 1.29 bits per heavy atom. The molecular formula is C13H17N3O. The highest BCUT2D eigenvalue weighted by molar-refractivity contribution is 5.81. The Balaban J connectivity index is 2.71. The molecule has 0 spiro atoms. The molecule has 0 bridgehead atoms. The van der Waals surface area contributed by atoms with E-state index >= 15 is 0 Å². The lowest BCUT2D eigenvalue weighted by Gasteiger charge is -2.09. The second kappa shape index (κ2) is 4.13. The fourth-order valence-corrected chi connectivity index (χ4v) is 2.03. The summed E-state index contributed by atoms with van der Waals surface area (Å²) in [5, 5.41) is 4.33. The molecule has 1 aromatic heterocycles. The van der Waals surface area contributed by atoms with Crippen LogP contribution in [0.4, 0.5) is 5.82 Å². The normalized spacial score (nSPS) is 10.6. The Morgan fingerprint density at radius 2 is 2.00 bits per heavy atom. The van der Waals surface area contributed by atoms with E-state index < -0.39 is 0 Å². The molecule has 0 unspecified atom stereocenters. The molecule has 2 N–H and O–H groups in total. The van der Waals surface area contributed by atoms with E-state index in [1.165, 1.54) is 5.56 Å². The van der Waals surface area contributed by atoms with Gasteiger partial charge < -0.3 is 10.5 Å². The van der Waals surface area contributed by atoms with Gasteiger partial charge in [-0.25, -0.2) is 0 Å². The van der Waals surface area contributed by atoms with Gasteiger partial charge in [0.25, 0.3) is 0 Å². The molecule has 2 rings (SSSR count). The topological polar surface area (TPSA) is 53.1 Å². The van der Waals surface area contributed by atoms with E-state index in [2.05, 4.69) is 11.2 Å². The molecule has 1 heterocycles. The first-order chi connectivity index (χ1) is 8.04. The number of aryl methyl sites for hydroxylation is 3. The van der Waals surface area contributed by atoms with Crippen molar-refractivity contribution in [3.8, 4) is 16.9 Å². The van der Waals surface area contributed by atoms with Crippen LogP contribution >= 0.6 is 0 Å². The first-order valence-electron chi connectivity index (χ1n) is 5.48. The molecule has 0 radical (unpaired) electrons. The average Bonchev–Trinajstić information content (AvgIpc) is 2.53. The lowest BCUT2D eigenvalue weighted by molar-refractivity contribution is 0.416. The molecule has 0 aliphatic rings. The molecule has 1 aromatic carbocycles. The zero-order valence-corrected chi connectivity index (χ0v) is 10.6. The molecule has 0 aliphatic heterocycles. The van der Waals surface area contributed by atoms with Crippen molar-refractivity contribution in [1.29, 1.82) is 0 Å². The summed E-state index contributed by atoms with van der Waals surface area (Å²) < 4.78 is 7.07. The van der Waals surface area contributed by atoms with E-state index in [0.717, 1.165) is 22.6 Å². The van der Waals surface area contributed by atoms with Gasteiger partial charge in [-0.2, -0.15) is 5.10 Å². The number of nitrogens with zero attached hydrogens (tertiary/aromatic N) is 2. The predicted molar refractivity (Wildman–Crippen MR) is 69.1 cm³/mol. The maximum Gasteiger partial charge on any atom is 0.129 e. The van der Waals surface area contributed by atoms with Crippen molar-refractivity contribution in [2.75, 3.05) is 12.8 Å². The number of anilines is 1. The summed E-state index contributed by atoms with van der Waals surface area (Å²) in [5.41, 5.74) is 10.1. The zero-order chi connectivity index (χ0) is 12.6. The number of hydrogen-bond donors (Lipinski definition) is 1. The van der Waals surface area contributed by atoms with Crippen LogP contribution in [0.1, 0.15) is 11.3 Å². The number of methoxy groups -OCH3 is 1. The summed E-state index contributed by atoms with van der Waals surface area (Å²) in [4.78, 5) is 0. The Morgan fingerprint density at radius 3 is 2.53 bits per heavy atom. The Labute approximate surface area is 101 Å². The van der Waals surface area contributed by atoms with Crippen LogP contribution in [0.15, 0.2) is 18.2 Å². The highest BCUT2D eigenvalue weighted by Gasteiger charge is 2.16. The van der Waals surface area contributed by atoms with Gasteiger partial charge in [0, 0.05) is 12.6 Å². The van der Waals surface area contributed by atoms with Crippen LogP contribution < -0.4 is 10.5 Å². The third-order valence-corrected chi connectivity index (χ3v) is 2.89. The summed E-state index contributed by atoms with van der Waals surface area (Å²) >= 11 is 0. The minimum absolute atomic E-state index is 0.659. The molecule has 90 valence electrons. The average molecular weight is 231 g/mol. The van der Waals surface area contributed by atoms with Gasteiger partial charge in [0.05, 0.1) is 18.4 Å². The molecule has 4 heteroatoms. The summed E-state index contributed by atoms with van der Waals surface area (Å²) in [7, 11) is 3.50. The summed E-state index contributed by atoms with van der Waals surface area (Å²) in [6.45, 7) is 4.00. The first kappa shape index (κ1) is 11.5. The minimum atomic E-state index is 0.659. The third kappa shape index (κ3) is 1.86. The van der Waals surface area contributed by atoms with Gasteiger partial charge in [-0.05, 0) is 26.0 Å². The van der Waals surface area contributed by atoms with Crippen LogP contribution in [0.2, 0.25) is 0 Å². The smallest absolute Gasteiger partial charge is 0.129 e. The standard InChI is InChI=1S/C13H17N3O/c1-8-5-6-11(17-4)10(7-8)12-9(2)15-16(3)13(12)14/h5-7H,14H2,1-4H3. The lowest BCUT2D eigenvalue weighted by atomic mass is 10.0. The number of nitrogen functional groups attached to an aromatic ring is 1. The number of nitrogens with two attached hydrogens (primary N) is 1.